The molecule has 3 rings (SSSR count). The fourth-order valence-corrected chi connectivity index (χ4v) is 3.47. The average Bonchev–Trinajstić information content (AvgIpc) is 3.02. The zero-order valence-corrected chi connectivity index (χ0v) is 14.8. The Labute approximate surface area is 145 Å². The minimum absolute atomic E-state index is 0.0230. The Balaban J connectivity index is 1.66. The zero-order valence-electron chi connectivity index (χ0n) is 14.0. The lowest BCUT2D eigenvalue weighted by molar-refractivity contribution is -0.134. The van der Waals surface area contributed by atoms with Crippen LogP contribution < -0.4 is 4.74 Å². The summed E-state index contributed by atoms with van der Waals surface area (Å²) in [5.41, 5.74) is 2.08. The van der Waals surface area contributed by atoms with Crippen molar-refractivity contribution in [1.82, 2.24) is 9.88 Å². The van der Waals surface area contributed by atoms with Crippen molar-refractivity contribution in [2.45, 2.75) is 19.9 Å². The molecule has 0 saturated carbocycles. The van der Waals surface area contributed by atoms with E-state index >= 15 is 0 Å². The van der Waals surface area contributed by atoms with E-state index in [-0.39, 0.29) is 18.6 Å². The summed E-state index contributed by atoms with van der Waals surface area (Å²) < 4.78 is 6.74. The second kappa shape index (κ2) is 7.01. The Morgan fingerprint density at radius 1 is 1.25 bits per heavy atom. The number of fused-ring (bicyclic) bond motifs is 1. The van der Waals surface area contributed by atoms with Gasteiger partial charge in [0.05, 0.1) is 16.3 Å². The van der Waals surface area contributed by atoms with Crippen LogP contribution in [0.2, 0.25) is 0 Å². The number of ether oxygens (including phenoxy) is 1. The molecule has 4 nitrogen and oxygen atoms in total. The maximum atomic E-state index is 12.4. The quantitative estimate of drug-likeness (QED) is 0.699. The van der Waals surface area contributed by atoms with Gasteiger partial charge in [-0.2, -0.15) is 0 Å². The molecule has 1 atom stereocenters. The fourth-order valence-electron chi connectivity index (χ4n) is 2.40. The topological polar surface area (TPSA) is 42.4 Å². The van der Waals surface area contributed by atoms with Crippen molar-refractivity contribution in [3.8, 4) is 5.75 Å². The monoisotopic (exact) mass is 340 g/mol. The third-order valence-corrected chi connectivity index (χ3v) is 5.20. The molecule has 124 valence electrons. The molecule has 2 aromatic carbocycles. The maximum Gasteiger partial charge on any atom is 0.260 e. The summed E-state index contributed by atoms with van der Waals surface area (Å²) in [6, 6.07) is 15.6. The first-order valence-corrected chi connectivity index (χ1v) is 8.67. The first-order valence-electron chi connectivity index (χ1n) is 7.85. The van der Waals surface area contributed by atoms with E-state index in [1.54, 1.807) is 23.3 Å². The molecule has 0 aliphatic heterocycles. The number of nitrogens with zero attached hydrogens (tertiary/aromatic N) is 2. The van der Waals surface area contributed by atoms with Gasteiger partial charge in [0, 0.05) is 7.05 Å². The second-order valence-corrected chi connectivity index (χ2v) is 6.87. The summed E-state index contributed by atoms with van der Waals surface area (Å²) >= 11 is 1.62. The lowest BCUT2D eigenvalue weighted by atomic mass is 10.2. The highest BCUT2D eigenvalue weighted by molar-refractivity contribution is 7.18. The Kier molecular flexibility index (Phi) is 4.81. The number of hydrogen-bond donors (Lipinski definition) is 0. The van der Waals surface area contributed by atoms with Crippen LogP contribution in [-0.2, 0) is 4.79 Å². The predicted octanol–water partition coefficient (Wildman–Crippen LogP) is 4.20. The van der Waals surface area contributed by atoms with Crippen LogP contribution in [0.4, 0.5) is 0 Å². The number of likely N-dealkylation sites (N-methyl/N-ethyl adjacent to an activating group) is 1. The van der Waals surface area contributed by atoms with Crippen molar-refractivity contribution in [2.24, 2.45) is 0 Å². The van der Waals surface area contributed by atoms with E-state index in [1.165, 1.54) is 0 Å². The van der Waals surface area contributed by atoms with Crippen LogP contribution in [-0.4, -0.2) is 29.4 Å². The number of benzene rings is 2. The van der Waals surface area contributed by atoms with Crippen LogP contribution in [0.25, 0.3) is 10.2 Å². The van der Waals surface area contributed by atoms with Crippen molar-refractivity contribution >= 4 is 27.5 Å². The standard InChI is InChI=1S/C19H20N2O2S/c1-13-7-6-8-15(11-13)23-12-18(22)21(3)14(2)19-20-16-9-4-5-10-17(16)24-19/h4-11,14H,12H2,1-3H3. The molecular formula is C19H20N2O2S. The van der Waals surface area contributed by atoms with Crippen molar-refractivity contribution < 1.29 is 9.53 Å². The number of aryl methyl sites for hydroxylation is 1. The highest BCUT2D eigenvalue weighted by Gasteiger charge is 2.21. The van der Waals surface area contributed by atoms with E-state index in [0.29, 0.717) is 5.75 Å². The van der Waals surface area contributed by atoms with Gasteiger partial charge in [-0.25, -0.2) is 4.98 Å². The highest BCUT2D eigenvalue weighted by atomic mass is 32.1. The number of thiazole rings is 1. The maximum absolute atomic E-state index is 12.4. The molecule has 0 aliphatic rings. The van der Waals surface area contributed by atoms with E-state index in [9.17, 15) is 4.79 Å². The molecule has 1 amide bonds. The summed E-state index contributed by atoms with van der Waals surface area (Å²) in [4.78, 5) is 18.7. The highest BCUT2D eigenvalue weighted by Crippen LogP contribution is 2.28. The van der Waals surface area contributed by atoms with Crippen LogP contribution in [0.3, 0.4) is 0 Å². The van der Waals surface area contributed by atoms with Crippen molar-refractivity contribution in [3.05, 3.63) is 59.1 Å². The summed E-state index contributed by atoms with van der Waals surface area (Å²) in [5, 5.41) is 0.933. The van der Waals surface area contributed by atoms with Crippen LogP contribution in [0.15, 0.2) is 48.5 Å². The number of para-hydroxylation sites is 1. The van der Waals surface area contributed by atoms with Gasteiger partial charge in [-0.05, 0) is 43.7 Å². The van der Waals surface area contributed by atoms with Gasteiger partial charge in [-0.3, -0.25) is 4.79 Å². The fraction of sp³-hybridized carbons (Fsp3) is 0.263. The summed E-state index contributed by atoms with van der Waals surface area (Å²) in [7, 11) is 1.79. The SMILES string of the molecule is Cc1cccc(OCC(=O)N(C)C(C)c2nc3ccccc3s2)c1. The molecule has 0 aliphatic carbocycles. The van der Waals surface area contributed by atoms with E-state index in [1.807, 2.05) is 62.4 Å². The largest absolute Gasteiger partial charge is 0.484 e. The molecule has 1 aromatic heterocycles. The Hall–Kier alpha value is -2.40. The molecule has 3 aromatic rings. The molecule has 0 spiro atoms. The van der Waals surface area contributed by atoms with Crippen LogP contribution in [0, 0.1) is 6.92 Å². The summed E-state index contributed by atoms with van der Waals surface area (Å²) in [5.74, 6) is 0.646. The van der Waals surface area contributed by atoms with Crippen LogP contribution in [0.1, 0.15) is 23.5 Å². The van der Waals surface area contributed by atoms with Gasteiger partial charge >= 0.3 is 0 Å². The van der Waals surface area contributed by atoms with Crippen molar-refractivity contribution in [2.75, 3.05) is 13.7 Å². The molecule has 0 bridgehead atoms. The molecule has 24 heavy (non-hydrogen) atoms. The number of hydrogen-bond acceptors (Lipinski definition) is 4. The Morgan fingerprint density at radius 2 is 2.04 bits per heavy atom. The lowest BCUT2D eigenvalue weighted by Crippen LogP contribution is -2.33. The number of rotatable bonds is 5. The minimum atomic E-state index is -0.0870. The van der Waals surface area contributed by atoms with Gasteiger partial charge < -0.3 is 9.64 Å². The molecular weight excluding hydrogens is 320 g/mol. The number of carbonyl (C=O) groups excluding carboxylic acids is 1. The van der Waals surface area contributed by atoms with Gasteiger partial charge in [-0.15, -0.1) is 11.3 Å². The molecule has 0 N–H and O–H groups in total. The Bertz CT molecular complexity index is 826. The van der Waals surface area contributed by atoms with E-state index in [0.717, 1.165) is 20.8 Å². The van der Waals surface area contributed by atoms with E-state index in [4.69, 9.17) is 4.74 Å². The Morgan fingerprint density at radius 3 is 2.79 bits per heavy atom. The number of carbonyl (C=O) groups is 1. The van der Waals surface area contributed by atoms with Gasteiger partial charge in [0.15, 0.2) is 6.61 Å². The molecule has 0 saturated heterocycles. The van der Waals surface area contributed by atoms with Gasteiger partial charge in [-0.1, -0.05) is 24.3 Å². The van der Waals surface area contributed by atoms with Crippen molar-refractivity contribution in [3.63, 3.8) is 0 Å². The van der Waals surface area contributed by atoms with Gasteiger partial charge in [0.2, 0.25) is 0 Å². The minimum Gasteiger partial charge on any atom is -0.484 e. The summed E-state index contributed by atoms with van der Waals surface area (Å²) in [6.07, 6.45) is 0. The molecule has 5 heteroatoms. The second-order valence-electron chi connectivity index (χ2n) is 5.81. The third kappa shape index (κ3) is 3.57. The first-order chi connectivity index (χ1) is 11.5. The van der Waals surface area contributed by atoms with Crippen molar-refractivity contribution in [1.29, 1.82) is 0 Å². The normalized spacial score (nSPS) is 12.1. The molecule has 0 fully saturated rings. The van der Waals surface area contributed by atoms with Crippen LogP contribution in [0.5, 0.6) is 5.75 Å². The average molecular weight is 340 g/mol. The molecule has 0 radical (unpaired) electrons. The van der Waals surface area contributed by atoms with Gasteiger partial charge in [0.25, 0.3) is 5.91 Å². The zero-order chi connectivity index (χ0) is 17.1. The number of aromatic nitrogens is 1. The summed E-state index contributed by atoms with van der Waals surface area (Å²) in [6.45, 7) is 4.01. The molecule has 1 heterocycles. The van der Waals surface area contributed by atoms with Crippen LogP contribution >= 0.6 is 11.3 Å². The predicted molar refractivity (Wildman–Crippen MR) is 97.5 cm³/mol. The molecule has 1 unspecified atom stereocenters. The smallest absolute Gasteiger partial charge is 0.260 e. The van der Waals surface area contributed by atoms with E-state index in [2.05, 4.69) is 4.98 Å². The van der Waals surface area contributed by atoms with Gasteiger partial charge in [0.1, 0.15) is 10.8 Å². The lowest BCUT2D eigenvalue weighted by Gasteiger charge is -2.23. The number of amides is 1. The first kappa shape index (κ1) is 16.5. The van der Waals surface area contributed by atoms with E-state index < -0.39 is 0 Å². The third-order valence-electron chi connectivity index (χ3n) is 3.99.